The van der Waals surface area contributed by atoms with Crippen LogP contribution in [0.1, 0.15) is 34.8 Å². The quantitative estimate of drug-likeness (QED) is 0.567. The number of Topliss-reactive ketones (excluding diaryl/α,β-unsaturated/α-hetero) is 1. The number of nitrogens with zero attached hydrogens (tertiary/aromatic N) is 2. The number of carbonyl (C=O) groups is 1. The number of aromatic nitrogens is 1. The number of piperidine rings is 1. The highest BCUT2D eigenvalue weighted by atomic mass is 32.2. The average molecular weight is 417 g/mol. The molecule has 0 radical (unpaired) electrons. The van der Waals surface area contributed by atoms with Crippen LogP contribution in [0.25, 0.3) is 11.3 Å². The van der Waals surface area contributed by atoms with E-state index in [2.05, 4.69) is 4.98 Å². The number of ketones is 1. The Kier molecular flexibility index (Phi) is 5.43. The highest BCUT2D eigenvalue weighted by molar-refractivity contribution is 7.89. The molecule has 0 bridgehead atoms. The van der Waals surface area contributed by atoms with Crippen molar-refractivity contribution in [1.29, 1.82) is 0 Å². The lowest BCUT2D eigenvalue weighted by atomic mass is 10.2. The van der Waals surface area contributed by atoms with Gasteiger partial charge in [0.05, 0.1) is 23.3 Å². The van der Waals surface area contributed by atoms with Crippen LogP contribution < -0.4 is 0 Å². The van der Waals surface area contributed by atoms with Gasteiger partial charge in [-0.25, -0.2) is 13.4 Å². The summed E-state index contributed by atoms with van der Waals surface area (Å²) in [4.78, 5) is 16.9. The van der Waals surface area contributed by atoms with Gasteiger partial charge in [-0.05, 0) is 37.1 Å². The number of hydrogen-bond acceptors (Lipinski definition) is 6. The van der Waals surface area contributed by atoms with E-state index in [1.54, 1.807) is 40.7 Å². The number of rotatable bonds is 6. The zero-order chi connectivity index (χ0) is 19.6. The fourth-order valence-corrected chi connectivity index (χ4v) is 5.56. The maximum atomic E-state index is 12.7. The topological polar surface area (TPSA) is 80.5 Å². The summed E-state index contributed by atoms with van der Waals surface area (Å²) in [6.07, 6.45) is 4.56. The van der Waals surface area contributed by atoms with E-state index in [0.717, 1.165) is 30.5 Å². The van der Waals surface area contributed by atoms with Crippen molar-refractivity contribution in [1.82, 2.24) is 9.29 Å². The van der Waals surface area contributed by atoms with E-state index in [9.17, 15) is 13.2 Å². The van der Waals surface area contributed by atoms with Gasteiger partial charge in [-0.2, -0.15) is 4.31 Å². The summed E-state index contributed by atoms with van der Waals surface area (Å²) in [6, 6.07) is 10.1. The van der Waals surface area contributed by atoms with Crippen molar-refractivity contribution in [2.45, 2.75) is 30.6 Å². The zero-order valence-electron chi connectivity index (χ0n) is 15.2. The van der Waals surface area contributed by atoms with Crippen LogP contribution in [0.5, 0.6) is 0 Å². The summed E-state index contributed by atoms with van der Waals surface area (Å²) in [6.45, 7) is 1.17. The molecule has 1 fully saturated rings. The minimum absolute atomic E-state index is 0.117. The van der Waals surface area contributed by atoms with Crippen molar-refractivity contribution < 1.29 is 17.6 Å². The molecule has 0 saturated carbocycles. The molecular formula is C20H20N2O4S2. The zero-order valence-corrected chi connectivity index (χ0v) is 16.8. The minimum atomic E-state index is -3.44. The van der Waals surface area contributed by atoms with Gasteiger partial charge in [-0.15, -0.1) is 11.3 Å². The van der Waals surface area contributed by atoms with E-state index < -0.39 is 10.0 Å². The summed E-state index contributed by atoms with van der Waals surface area (Å²) in [5.41, 5.74) is 1.56. The number of sulfonamides is 1. The summed E-state index contributed by atoms with van der Waals surface area (Å²) < 4.78 is 32.2. The monoisotopic (exact) mass is 416 g/mol. The Hall–Kier alpha value is -2.29. The van der Waals surface area contributed by atoms with Gasteiger partial charge in [0.25, 0.3) is 0 Å². The molecule has 0 amide bonds. The molecule has 0 unspecified atom stereocenters. The second kappa shape index (κ2) is 7.98. The molecule has 6 nitrogen and oxygen atoms in total. The maximum absolute atomic E-state index is 12.7. The molecule has 0 N–H and O–H groups in total. The van der Waals surface area contributed by atoms with E-state index >= 15 is 0 Å². The first-order valence-electron chi connectivity index (χ1n) is 9.16. The third-order valence-corrected chi connectivity index (χ3v) is 7.52. The van der Waals surface area contributed by atoms with Gasteiger partial charge in [0.1, 0.15) is 5.01 Å². The van der Waals surface area contributed by atoms with Gasteiger partial charge in [0.2, 0.25) is 15.8 Å². The van der Waals surface area contributed by atoms with Crippen LogP contribution >= 0.6 is 11.3 Å². The Balaban J connectivity index is 1.48. The van der Waals surface area contributed by atoms with Crippen LogP contribution in [-0.4, -0.2) is 36.6 Å². The molecular weight excluding hydrogens is 396 g/mol. The Morgan fingerprint density at radius 1 is 1.11 bits per heavy atom. The molecule has 8 heteroatoms. The molecule has 1 aliphatic rings. The average Bonchev–Trinajstić information content (AvgIpc) is 3.41. The molecule has 28 heavy (non-hydrogen) atoms. The Morgan fingerprint density at radius 3 is 2.54 bits per heavy atom. The fraction of sp³-hybridized carbons (Fsp3) is 0.300. The van der Waals surface area contributed by atoms with Crippen molar-refractivity contribution in [3.05, 3.63) is 58.8 Å². The third kappa shape index (κ3) is 3.94. The number of carbonyl (C=O) groups excluding carboxylic acids is 1. The number of hydrogen-bond donors (Lipinski definition) is 0. The van der Waals surface area contributed by atoms with Crippen LogP contribution in [0.2, 0.25) is 0 Å². The molecule has 1 aromatic carbocycles. The Labute approximate surface area is 167 Å². The normalized spacial score (nSPS) is 15.6. The highest BCUT2D eigenvalue weighted by Crippen LogP contribution is 2.26. The first-order chi connectivity index (χ1) is 13.5. The maximum Gasteiger partial charge on any atom is 0.243 e. The number of benzene rings is 1. The van der Waals surface area contributed by atoms with Gasteiger partial charge in [0.15, 0.2) is 5.76 Å². The van der Waals surface area contributed by atoms with E-state index in [-0.39, 0.29) is 12.2 Å². The largest absolute Gasteiger partial charge is 0.461 e. The predicted molar refractivity (Wildman–Crippen MR) is 107 cm³/mol. The van der Waals surface area contributed by atoms with Crippen LogP contribution in [0.4, 0.5) is 0 Å². The molecule has 0 atom stereocenters. The van der Waals surface area contributed by atoms with Crippen molar-refractivity contribution in [2.24, 2.45) is 0 Å². The highest BCUT2D eigenvalue weighted by Gasteiger charge is 2.25. The van der Waals surface area contributed by atoms with Crippen LogP contribution in [-0.2, 0) is 16.4 Å². The van der Waals surface area contributed by atoms with E-state index in [4.69, 9.17) is 4.42 Å². The smallest absolute Gasteiger partial charge is 0.243 e. The van der Waals surface area contributed by atoms with Gasteiger partial charge >= 0.3 is 0 Å². The predicted octanol–water partition coefficient (Wildman–Crippen LogP) is 4.00. The second-order valence-electron chi connectivity index (χ2n) is 6.69. The van der Waals surface area contributed by atoms with Gasteiger partial charge in [0, 0.05) is 24.0 Å². The van der Waals surface area contributed by atoms with Gasteiger partial charge < -0.3 is 4.42 Å². The number of furan rings is 1. The van der Waals surface area contributed by atoms with Crippen molar-refractivity contribution in [3.8, 4) is 11.3 Å². The first-order valence-corrected chi connectivity index (χ1v) is 11.5. The molecule has 146 valence electrons. The van der Waals surface area contributed by atoms with Gasteiger partial charge in [-0.3, -0.25) is 4.79 Å². The van der Waals surface area contributed by atoms with Crippen molar-refractivity contribution >= 4 is 27.1 Å². The molecule has 1 saturated heterocycles. The first kappa shape index (κ1) is 19.0. The summed E-state index contributed by atoms with van der Waals surface area (Å²) in [5, 5.41) is 2.57. The van der Waals surface area contributed by atoms with E-state index in [1.807, 2.05) is 5.38 Å². The third-order valence-electron chi connectivity index (χ3n) is 4.76. The Bertz CT molecular complexity index is 1050. The SMILES string of the molecule is O=C(Cc1nc(-c2ccc(S(=O)(=O)N3CCCCC3)cc2)cs1)c1ccco1. The molecule has 3 heterocycles. The number of thiazole rings is 1. The summed E-state index contributed by atoms with van der Waals surface area (Å²) >= 11 is 1.40. The van der Waals surface area contributed by atoms with Crippen LogP contribution in [0, 0.1) is 0 Å². The van der Waals surface area contributed by atoms with Crippen LogP contribution in [0.3, 0.4) is 0 Å². The van der Waals surface area contributed by atoms with Crippen molar-refractivity contribution in [2.75, 3.05) is 13.1 Å². The Morgan fingerprint density at radius 2 is 1.86 bits per heavy atom. The molecule has 3 aromatic rings. The second-order valence-corrected chi connectivity index (χ2v) is 9.57. The lowest BCUT2D eigenvalue weighted by molar-refractivity contribution is 0.0966. The van der Waals surface area contributed by atoms with Crippen molar-refractivity contribution in [3.63, 3.8) is 0 Å². The molecule has 0 spiro atoms. The van der Waals surface area contributed by atoms with E-state index in [0.29, 0.717) is 28.8 Å². The molecule has 0 aliphatic carbocycles. The molecule has 1 aliphatic heterocycles. The van der Waals surface area contributed by atoms with Gasteiger partial charge in [-0.1, -0.05) is 18.6 Å². The lowest BCUT2D eigenvalue weighted by Crippen LogP contribution is -2.35. The standard InChI is InChI=1S/C20H20N2O4S2/c23-18(19-5-4-12-26-19)13-20-21-17(14-27-20)15-6-8-16(9-7-15)28(24,25)22-10-2-1-3-11-22/h4-9,12,14H,1-3,10-11,13H2. The molecule has 4 rings (SSSR count). The van der Waals surface area contributed by atoms with E-state index in [1.165, 1.54) is 17.6 Å². The fourth-order valence-electron chi connectivity index (χ4n) is 3.24. The van der Waals surface area contributed by atoms with Crippen LogP contribution in [0.15, 0.2) is 57.4 Å². The lowest BCUT2D eigenvalue weighted by Gasteiger charge is -2.25. The minimum Gasteiger partial charge on any atom is -0.461 e. The molecule has 2 aromatic heterocycles. The summed E-state index contributed by atoms with van der Waals surface area (Å²) in [7, 11) is -3.44. The summed E-state index contributed by atoms with van der Waals surface area (Å²) in [5.74, 6) is 0.206.